The summed E-state index contributed by atoms with van der Waals surface area (Å²) in [5, 5.41) is 0. The first-order chi connectivity index (χ1) is 10.2. The SMILES string of the molecule is S=c1cccc[nH]1.S=c1cccc[nH]1.[Bi][c]1ccccc1. The van der Waals surface area contributed by atoms with E-state index in [1.165, 1.54) is 28.0 Å². The quantitative estimate of drug-likeness (QED) is 0.356. The van der Waals surface area contributed by atoms with Gasteiger partial charge in [-0.2, -0.15) is 0 Å². The van der Waals surface area contributed by atoms with Gasteiger partial charge < -0.3 is 9.97 Å². The molecule has 2 heterocycles. The Kier molecular flexibility index (Phi) is 9.80. The monoisotopic (exact) mass is 508 g/mol. The Morgan fingerprint density at radius 2 is 1.05 bits per heavy atom. The molecule has 3 rings (SSSR count). The fourth-order valence-electron chi connectivity index (χ4n) is 1.18. The number of pyridine rings is 2. The van der Waals surface area contributed by atoms with Crippen molar-refractivity contribution in [1.82, 2.24) is 9.97 Å². The van der Waals surface area contributed by atoms with Gasteiger partial charge in [-0.3, -0.25) is 0 Å². The Hall–Kier alpha value is -1.16. The normalized spacial score (nSPS) is 8.62. The van der Waals surface area contributed by atoms with E-state index in [2.05, 4.69) is 34.2 Å². The summed E-state index contributed by atoms with van der Waals surface area (Å²) in [6.45, 7) is 0. The van der Waals surface area contributed by atoms with E-state index in [0.717, 1.165) is 9.28 Å². The van der Waals surface area contributed by atoms with Crippen LogP contribution in [0.2, 0.25) is 0 Å². The second-order valence-corrected chi connectivity index (χ2v) is 6.68. The van der Waals surface area contributed by atoms with Crippen molar-refractivity contribution < 1.29 is 0 Å². The maximum atomic E-state index is 4.76. The molecule has 0 amide bonds. The summed E-state index contributed by atoms with van der Waals surface area (Å²) in [6.07, 6.45) is 3.62. The fraction of sp³-hybridized carbons (Fsp3) is 0. The first-order valence-electron chi connectivity index (χ1n) is 6.20. The molecule has 0 aliphatic heterocycles. The first kappa shape index (κ1) is 17.9. The molecule has 0 unspecified atom stereocenters. The van der Waals surface area contributed by atoms with Gasteiger partial charge in [-0.05, 0) is 24.3 Å². The van der Waals surface area contributed by atoms with Crippen LogP contribution in [-0.4, -0.2) is 34.7 Å². The summed E-state index contributed by atoms with van der Waals surface area (Å²) in [5.74, 6) is 0. The van der Waals surface area contributed by atoms with Crippen molar-refractivity contribution in [2.75, 3.05) is 0 Å². The van der Waals surface area contributed by atoms with Crippen molar-refractivity contribution in [2.45, 2.75) is 0 Å². The van der Waals surface area contributed by atoms with Crippen LogP contribution in [0.3, 0.4) is 0 Å². The zero-order chi connectivity index (χ0) is 15.3. The number of H-pyrrole nitrogens is 2. The molecule has 0 fully saturated rings. The predicted octanol–water partition coefficient (Wildman–Crippen LogP) is 3.97. The summed E-state index contributed by atoms with van der Waals surface area (Å²) in [5.41, 5.74) is 0. The average molecular weight is 508 g/mol. The fourth-order valence-corrected chi connectivity index (χ4v) is 2.14. The summed E-state index contributed by atoms with van der Waals surface area (Å²) < 4.78 is 2.99. The number of benzene rings is 1. The minimum absolute atomic E-state index is 0.780. The number of aromatic nitrogens is 2. The van der Waals surface area contributed by atoms with Gasteiger partial charge in [-0.25, -0.2) is 0 Å². The molecular weight excluding hydrogens is 493 g/mol. The number of aromatic amines is 2. The van der Waals surface area contributed by atoms with Crippen LogP contribution < -0.4 is 3.27 Å². The molecule has 2 nitrogen and oxygen atoms in total. The molecule has 0 saturated carbocycles. The van der Waals surface area contributed by atoms with Crippen molar-refractivity contribution in [3.63, 3.8) is 0 Å². The topological polar surface area (TPSA) is 31.6 Å². The maximum absolute atomic E-state index is 4.76. The summed E-state index contributed by atoms with van der Waals surface area (Å²) >= 11 is 10.9. The molecule has 2 aromatic heterocycles. The Bertz CT molecular complexity index is 643. The van der Waals surface area contributed by atoms with Gasteiger partial charge in [-0.1, -0.05) is 36.6 Å². The zero-order valence-corrected chi connectivity index (χ0v) is 16.4. The van der Waals surface area contributed by atoms with Gasteiger partial charge in [0, 0.05) is 12.4 Å². The molecule has 2 N–H and O–H groups in total. The van der Waals surface area contributed by atoms with Crippen LogP contribution in [0, 0.1) is 9.28 Å². The van der Waals surface area contributed by atoms with E-state index >= 15 is 0 Å². The van der Waals surface area contributed by atoms with Crippen molar-refractivity contribution in [1.29, 1.82) is 0 Å². The van der Waals surface area contributed by atoms with Crippen LogP contribution in [0.15, 0.2) is 79.1 Å². The number of nitrogens with one attached hydrogen (secondary N) is 2. The number of hydrogen-bond acceptors (Lipinski definition) is 2. The van der Waals surface area contributed by atoms with Gasteiger partial charge in [0.1, 0.15) is 9.28 Å². The second kappa shape index (κ2) is 11.5. The van der Waals surface area contributed by atoms with Gasteiger partial charge in [0.25, 0.3) is 0 Å². The van der Waals surface area contributed by atoms with E-state index in [0.29, 0.717) is 0 Å². The van der Waals surface area contributed by atoms with E-state index < -0.39 is 0 Å². The third kappa shape index (κ3) is 10.2. The molecule has 0 aliphatic carbocycles. The van der Waals surface area contributed by atoms with Crippen molar-refractivity contribution >= 4 is 52.4 Å². The Balaban J connectivity index is 0.000000157. The van der Waals surface area contributed by atoms with Crippen LogP contribution in [0.25, 0.3) is 0 Å². The van der Waals surface area contributed by atoms with E-state index in [9.17, 15) is 0 Å². The molecule has 5 heteroatoms. The Labute approximate surface area is 150 Å². The van der Waals surface area contributed by atoms with Gasteiger partial charge in [0.05, 0.1) is 0 Å². The van der Waals surface area contributed by atoms with Crippen molar-refractivity contribution in [3.05, 3.63) is 88.4 Å². The van der Waals surface area contributed by atoms with Crippen LogP contribution in [-0.2, 0) is 0 Å². The molecular formula is C16H15BiN2S2. The molecule has 2 radical (unpaired) electrons. The van der Waals surface area contributed by atoms with Gasteiger partial charge in [0.2, 0.25) is 0 Å². The molecule has 1 aromatic carbocycles. The standard InChI is InChI=1S/C6H5.2C5H5NS.Bi/c1-2-4-6-5-3-1;2*7-5-3-1-2-4-6-5;/h1-5H;2*1-4H,(H,6,7);. The molecule has 21 heavy (non-hydrogen) atoms. The molecule has 0 atom stereocenters. The number of rotatable bonds is 0. The second-order valence-electron chi connectivity index (χ2n) is 3.79. The van der Waals surface area contributed by atoms with E-state index in [1.54, 1.807) is 0 Å². The molecule has 3 aromatic rings. The summed E-state index contributed by atoms with van der Waals surface area (Å²) in [6, 6.07) is 21.7. The minimum atomic E-state index is 0.780. The van der Waals surface area contributed by atoms with Crippen molar-refractivity contribution in [2.24, 2.45) is 0 Å². The van der Waals surface area contributed by atoms with Crippen LogP contribution in [0.1, 0.15) is 0 Å². The van der Waals surface area contributed by atoms with Gasteiger partial charge >= 0.3 is 58.3 Å². The van der Waals surface area contributed by atoms with Crippen LogP contribution in [0.5, 0.6) is 0 Å². The zero-order valence-electron chi connectivity index (χ0n) is 11.3. The van der Waals surface area contributed by atoms with Gasteiger partial charge in [-0.15, -0.1) is 0 Å². The van der Waals surface area contributed by atoms with Gasteiger partial charge in [0.15, 0.2) is 0 Å². The third-order valence-electron chi connectivity index (χ3n) is 2.12. The van der Waals surface area contributed by atoms with E-state index in [1.807, 2.05) is 54.9 Å². The van der Waals surface area contributed by atoms with E-state index in [-0.39, 0.29) is 0 Å². The average Bonchev–Trinajstić information content (AvgIpc) is 2.51. The molecule has 0 spiro atoms. The first-order valence-corrected chi connectivity index (χ1v) is 8.75. The molecule has 0 bridgehead atoms. The predicted molar refractivity (Wildman–Crippen MR) is 95.1 cm³/mol. The van der Waals surface area contributed by atoms with E-state index in [4.69, 9.17) is 24.4 Å². The molecule has 0 aliphatic rings. The number of hydrogen-bond donors (Lipinski definition) is 2. The Morgan fingerprint density at radius 1 is 0.619 bits per heavy atom. The summed E-state index contributed by atoms with van der Waals surface area (Å²) in [4.78, 5) is 5.69. The molecule has 106 valence electrons. The summed E-state index contributed by atoms with van der Waals surface area (Å²) in [7, 11) is 0. The van der Waals surface area contributed by atoms with Crippen LogP contribution in [0.4, 0.5) is 0 Å². The third-order valence-corrected chi connectivity index (χ3v) is 3.78. The van der Waals surface area contributed by atoms with Crippen LogP contribution >= 0.6 is 24.4 Å². The Morgan fingerprint density at radius 3 is 1.24 bits per heavy atom. The van der Waals surface area contributed by atoms with Crippen molar-refractivity contribution in [3.8, 4) is 0 Å². The molecule has 0 saturated heterocycles.